The molecular formula is C38H56N8O5. The second-order valence-electron chi connectivity index (χ2n) is 14.4. The Hall–Kier alpha value is -4.33. The van der Waals surface area contributed by atoms with Gasteiger partial charge in [0.1, 0.15) is 18.1 Å². The van der Waals surface area contributed by atoms with Gasteiger partial charge < -0.3 is 38.1 Å². The Bertz CT molecular complexity index is 1440. The standard InChI is InChI=1S/C38H56N8O5/c1-25(2)19-32(36(49)42-31(15-9-10-18-39)38(51)46-28-16-17-29(46)23-45(22-28)24-34(41)47)44-37(50)33(21-27-13-7-4-8-14-27)43-35(48)30(40)20-26-11-5-3-6-12-26/h3-8,11-14,25,28-33H,9-10,15-24,39-40H2,1-2H3,(H2,41,47)(H,42,49)(H,43,48)(H,44,50). The molecule has 51 heavy (non-hydrogen) atoms. The molecule has 6 atom stereocenters. The van der Waals surface area contributed by atoms with Gasteiger partial charge in [0.15, 0.2) is 0 Å². The predicted octanol–water partition coefficient (Wildman–Crippen LogP) is 0.589. The van der Waals surface area contributed by atoms with E-state index in [1.807, 2.05) is 84.3 Å². The van der Waals surface area contributed by atoms with E-state index in [0.29, 0.717) is 51.7 Å². The smallest absolute Gasteiger partial charge is 0.245 e. The number of nitrogens with zero attached hydrogens (tertiary/aromatic N) is 2. The summed E-state index contributed by atoms with van der Waals surface area (Å²) in [5.41, 5.74) is 19.2. The number of hydrogen-bond donors (Lipinski definition) is 6. The summed E-state index contributed by atoms with van der Waals surface area (Å²) in [6.45, 7) is 5.60. The number of piperazine rings is 1. The number of primary amides is 1. The summed E-state index contributed by atoms with van der Waals surface area (Å²) < 4.78 is 0. The molecule has 2 saturated heterocycles. The number of nitrogens with one attached hydrogen (secondary N) is 3. The van der Waals surface area contributed by atoms with Gasteiger partial charge in [-0.25, -0.2) is 0 Å². The van der Waals surface area contributed by atoms with E-state index in [1.165, 1.54) is 0 Å². The monoisotopic (exact) mass is 704 g/mol. The first-order chi connectivity index (χ1) is 24.4. The molecule has 13 heteroatoms. The second-order valence-corrected chi connectivity index (χ2v) is 14.4. The Morgan fingerprint density at radius 2 is 1.27 bits per heavy atom. The highest BCUT2D eigenvalue weighted by Crippen LogP contribution is 2.31. The molecule has 2 aliphatic heterocycles. The number of carbonyl (C=O) groups excluding carboxylic acids is 5. The largest absolute Gasteiger partial charge is 0.369 e. The van der Waals surface area contributed by atoms with E-state index in [4.69, 9.17) is 17.2 Å². The van der Waals surface area contributed by atoms with Gasteiger partial charge in [-0.15, -0.1) is 0 Å². The van der Waals surface area contributed by atoms with Gasteiger partial charge in [0.2, 0.25) is 29.5 Å². The van der Waals surface area contributed by atoms with Crippen LogP contribution in [0.4, 0.5) is 0 Å². The number of rotatable bonds is 19. The molecule has 6 unspecified atom stereocenters. The first-order valence-electron chi connectivity index (χ1n) is 18.2. The molecule has 0 aromatic heterocycles. The van der Waals surface area contributed by atoms with Crippen LogP contribution >= 0.6 is 0 Å². The molecule has 2 aromatic carbocycles. The van der Waals surface area contributed by atoms with Gasteiger partial charge in [-0.1, -0.05) is 74.5 Å². The maximum atomic E-state index is 14.1. The molecule has 2 aromatic rings. The maximum Gasteiger partial charge on any atom is 0.245 e. The van der Waals surface area contributed by atoms with E-state index in [0.717, 1.165) is 24.0 Å². The van der Waals surface area contributed by atoms with E-state index in [-0.39, 0.29) is 36.9 Å². The summed E-state index contributed by atoms with van der Waals surface area (Å²) in [5, 5.41) is 8.73. The minimum atomic E-state index is -1.00. The Kier molecular flexibility index (Phi) is 15.0. The van der Waals surface area contributed by atoms with Crippen molar-refractivity contribution in [2.75, 3.05) is 26.2 Å². The van der Waals surface area contributed by atoms with Gasteiger partial charge in [-0.05, 0) is 68.5 Å². The number of hydrogen-bond acceptors (Lipinski definition) is 8. The molecule has 0 saturated carbocycles. The minimum absolute atomic E-state index is 0.0306. The van der Waals surface area contributed by atoms with Crippen molar-refractivity contribution >= 4 is 29.5 Å². The first kappa shape index (κ1) is 39.5. The lowest BCUT2D eigenvalue weighted by atomic mass is 9.99. The van der Waals surface area contributed by atoms with Gasteiger partial charge in [0.25, 0.3) is 0 Å². The summed E-state index contributed by atoms with van der Waals surface area (Å²) >= 11 is 0. The maximum absolute atomic E-state index is 14.1. The van der Waals surface area contributed by atoms with Crippen molar-refractivity contribution in [3.8, 4) is 0 Å². The van der Waals surface area contributed by atoms with Crippen LogP contribution in [-0.2, 0) is 36.8 Å². The van der Waals surface area contributed by atoms with Crippen molar-refractivity contribution in [3.63, 3.8) is 0 Å². The van der Waals surface area contributed by atoms with Crippen LogP contribution in [0.15, 0.2) is 60.7 Å². The Labute approximate surface area is 301 Å². The number of carbonyl (C=O) groups is 5. The van der Waals surface area contributed by atoms with Crippen LogP contribution in [-0.4, -0.2) is 102 Å². The van der Waals surface area contributed by atoms with Gasteiger partial charge in [0.05, 0.1) is 12.6 Å². The molecule has 278 valence electrons. The second kappa shape index (κ2) is 19.3. The normalized spacial score (nSPS) is 19.5. The summed E-state index contributed by atoms with van der Waals surface area (Å²) in [7, 11) is 0. The van der Waals surface area contributed by atoms with E-state index in [1.54, 1.807) is 0 Å². The number of likely N-dealkylation sites (tertiary alicyclic amines) is 1. The van der Waals surface area contributed by atoms with Crippen LogP contribution in [0.5, 0.6) is 0 Å². The number of benzene rings is 2. The molecule has 0 radical (unpaired) electrons. The van der Waals surface area contributed by atoms with Gasteiger partial charge in [-0.2, -0.15) is 0 Å². The molecule has 2 bridgehead atoms. The average molecular weight is 705 g/mol. The van der Waals surface area contributed by atoms with Crippen molar-refractivity contribution < 1.29 is 24.0 Å². The van der Waals surface area contributed by atoms with Crippen molar-refractivity contribution in [2.24, 2.45) is 23.1 Å². The highest BCUT2D eigenvalue weighted by atomic mass is 16.2. The summed E-state index contributed by atoms with van der Waals surface area (Å²) in [4.78, 5) is 70.9. The van der Waals surface area contributed by atoms with E-state index < -0.39 is 47.8 Å². The fraction of sp³-hybridized carbons (Fsp3) is 0.553. The average Bonchev–Trinajstić information content (AvgIpc) is 3.36. The Morgan fingerprint density at radius 1 is 0.745 bits per heavy atom. The van der Waals surface area contributed by atoms with Crippen molar-refractivity contribution in [1.29, 1.82) is 0 Å². The zero-order valence-corrected chi connectivity index (χ0v) is 30.0. The van der Waals surface area contributed by atoms with Gasteiger partial charge >= 0.3 is 0 Å². The molecule has 13 nitrogen and oxygen atoms in total. The molecule has 2 fully saturated rings. The SMILES string of the molecule is CC(C)CC(NC(=O)C(Cc1ccccc1)NC(=O)C(N)Cc1ccccc1)C(=O)NC(CCCCN)C(=O)N1C2CCC1CN(CC(N)=O)C2. The lowest BCUT2D eigenvalue weighted by Crippen LogP contribution is -2.62. The Balaban J connectivity index is 1.49. The van der Waals surface area contributed by atoms with E-state index in [2.05, 4.69) is 16.0 Å². The fourth-order valence-electron chi connectivity index (χ4n) is 7.18. The molecule has 0 aliphatic carbocycles. The van der Waals surface area contributed by atoms with Crippen molar-refractivity contribution in [3.05, 3.63) is 71.8 Å². The number of nitrogens with two attached hydrogens (primary N) is 3. The minimum Gasteiger partial charge on any atom is -0.369 e. The van der Waals surface area contributed by atoms with Crippen LogP contribution in [0.1, 0.15) is 63.5 Å². The molecule has 4 rings (SSSR count). The Morgan fingerprint density at radius 3 is 1.82 bits per heavy atom. The van der Waals surface area contributed by atoms with E-state index in [9.17, 15) is 24.0 Å². The van der Waals surface area contributed by atoms with Crippen LogP contribution in [0.25, 0.3) is 0 Å². The molecular weight excluding hydrogens is 648 g/mol. The van der Waals surface area contributed by atoms with Crippen molar-refractivity contribution in [2.45, 2.75) is 101 Å². The fourth-order valence-corrected chi connectivity index (χ4v) is 7.18. The quantitative estimate of drug-likeness (QED) is 0.114. The zero-order chi connectivity index (χ0) is 36.9. The number of unbranched alkanes of at least 4 members (excludes halogenated alkanes) is 1. The van der Waals surface area contributed by atoms with Crippen LogP contribution < -0.4 is 33.2 Å². The number of fused-ring (bicyclic) bond motifs is 2. The van der Waals surface area contributed by atoms with Gasteiger partial charge in [-0.3, -0.25) is 28.9 Å². The van der Waals surface area contributed by atoms with Crippen LogP contribution in [0, 0.1) is 5.92 Å². The highest BCUT2D eigenvalue weighted by Gasteiger charge is 2.45. The van der Waals surface area contributed by atoms with Gasteiger partial charge in [0, 0.05) is 31.6 Å². The molecule has 2 aliphatic rings. The third kappa shape index (κ3) is 11.9. The third-order valence-corrected chi connectivity index (χ3v) is 9.64. The van der Waals surface area contributed by atoms with E-state index >= 15 is 0 Å². The summed E-state index contributed by atoms with van der Waals surface area (Å²) in [6.07, 6.45) is 4.16. The van der Waals surface area contributed by atoms with Crippen LogP contribution in [0.3, 0.4) is 0 Å². The third-order valence-electron chi connectivity index (χ3n) is 9.64. The summed E-state index contributed by atoms with van der Waals surface area (Å²) in [6, 6.07) is 14.9. The lowest BCUT2D eigenvalue weighted by Gasteiger charge is -2.42. The van der Waals surface area contributed by atoms with Crippen LogP contribution in [0.2, 0.25) is 0 Å². The zero-order valence-electron chi connectivity index (χ0n) is 30.0. The first-order valence-corrected chi connectivity index (χ1v) is 18.2. The summed E-state index contributed by atoms with van der Waals surface area (Å²) in [5.74, 6) is -2.00. The van der Waals surface area contributed by atoms with Crippen molar-refractivity contribution in [1.82, 2.24) is 25.8 Å². The molecule has 2 heterocycles. The highest BCUT2D eigenvalue weighted by molar-refractivity contribution is 5.95. The molecule has 9 N–H and O–H groups in total. The topological polar surface area (TPSA) is 206 Å². The molecule has 0 spiro atoms. The lowest BCUT2D eigenvalue weighted by molar-refractivity contribution is -0.142. The predicted molar refractivity (Wildman–Crippen MR) is 196 cm³/mol. The number of amides is 5. The molecule has 5 amide bonds.